The number of nitrogens with zero attached hydrogens (tertiary/aromatic N) is 2. The zero-order valence-corrected chi connectivity index (χ0v) is 12.4. The smallest absolute Gasteiger partial charge is 0.0686 e. The molecule has 3 nitrogen and oxygen atoms in total. The Morgan fingerprint density at radius 1 is 1.11 bits per heavy atom. The van der Waals surface area contributed by atoms with Crippen LogP contribution in [0.2, 0.25) is 0 Å². The Kier molecular flexibility index (Phi) is 4.59. The zero-order valence-electron chi connectivity index (χ0n) is 12.4. The quantitative estimate of drug-likeness (QED) is 0.860. The van der Waals surface area contributed by atoms with Crippen molar-refractivity contribution in [2.75, 3.05) is 13.1 Å². The van der Waals surface area contributed by atoms with Gasteiger partial charge in [0.25, 0.3) is 0 Å². The van der Waals surface area contributed by atoms with Crippen LogP contribution in [0.4, 0.5) is 0 Å². The molecule has 1 N–H and O–H groups in total. The second-order valence-electron chi connectivity index (χ2n) is 6.01. The minimum Gasteiger partial charge on any atom is -0.314 e. The first-order valence-corrected chi connectivity index (χ1v) is 7.22. The highest BCUT2D eigenvalue weighted by Crippen LogP contribution is 2.22. The first-order valence-electron chi connectivity index (χ1n) is 7.22. The molecule has 1 unspecified atom stereocenters. The summed E-state index contributed by atoms with van der Waals surface area (Å²) in [4.78, 5) is 0. The van der Waals surface area contributed by atoms with Gasteiger partial charge in [-0.1, -0.05) is 45.9 Å². The lowest BCUT2D eigenvalue weighted by Crippen LogP contribution is -2.31. The zero-order chi connectivity index (χ0) is 13.8. The summed E-state index contributed by atoms with van der Waals surface area (Å²) in [5, 5.41) is 9.37. The number of nitrogens with one attached hydrogen (secondary N) is 1. The first-order chi connectivity index (χ1) is 9.09. The molecule has 0 saturated heterocycles. The van der Waals surface area contributed by atoms with Gasteiger partial charge in [-0.2, -0.15) is 5.10 Å². The molecule has 0 amide bonds. The molecule has 0 spiro atoms. The van der Waals surface area contributed by atoms with Crippen molar-refractivity contribution < 1.29 is 0 Å². The van der Waals surface area contributed by atoms with Crippen molar-refractivity contribution >= 4 is 10.9 Å². The number of benzene rings is 1. The summed E-state index contributed by atoms with van der Waals surface area (Å²) in [5.41, 5.74) is 1.23. The van der Waals surface area contributed by atoms with Gasteiger partial charge in [0, 0.05) is 11.9 Å². The summed E-state index contributed by atoms with van der Waals surface area (Å²) in [7, 11) is 0. The number of fused-ring (bicyclic) bond motifs is 1. The van der Waals surface area contributed by atoms with E-state index < -0.39 is 0 Å². The molecule has 104 valence electrons. The summed E-state index contributed by atoms with van der Waals surface area (Å²) in [6.45, 7) is 11.0. The van der Waals surface area contributed by atoms with Gasteiger partial charge in [0.15, 0.2) is 0 Å². The second kappa shape index (κ2) is 6.20. The maximum absolute atomic E-state index is 4.59. The molecule has 0 radical (unpaired) electrons. The molecule has 0 aliphatic carbocycles. The van der Waals surface area contributed by atoms with Crippen molar-refractivity contribution in [3.05, 3.63) is 30.5 Å². The molecule has 1 atom stereocenters. The standard InChI is InChI=1S/C16H25N3/c1-12(2)9-17-11-16(13(3)4)19-15-8-6-5-7-14(15)10-18-19/h5-8,10,12-13,16-17H,9,11H2,1-4H3. The monoisotopic (exact) mass is 259 g/mol. The second-order valence-corrected chi connectivity index (χ2v) is 6.01. The Hall–Kier alpha value is -1.35. The number of para-hydroxylation sites is 1. The van der Waals surface area contributed by atoms with E-state index in [4.69, 9.17) is 0 Å². The van der Waals surface area contributed by atoms with Gasteiger partial charge in [0.05, 0.1) is 17.8 Å². The molecule has 1 heterocycles. The normalized spacial score (nSPS) is 13.6. The van der Waals surface area contributed by atoms with Gasteiger partial charge < -0.3 is 5.32 Å². The number of rotatable bonds is 6. The van der Waals surface area contributed by atoms with Gasteiger partial charge in [-0.3, -0.25) is 4.68 Å². The van der Waals surface area contributed by atoms with E-state index in [0.29, 0.717) is 17.9 Å². The Labute approximate surface area is 116 Å². The fourth-order valence-electron chi connectivity index (χ4n) is 2.38. The van der Waals surface area contributed by atoms with Crippen LogP contribution < -0.4 is 5.32 Å². The average molecular weight is 259 g/mol. The van der Waals surface area contributed by atoms with Crippen LogP contribution >= 0.6 is 0 Å². The third-order valence-electron chi connectivity index (χ3n) is 3.49. The van der Waals surface area contributed by atoms with Gasteiger partial charge in [-0.15, -0.1) is 0 Å². The number of hydrogen-bond acceptors (Lipinski definition) is 2. The molecule has 0 fully saturated rings. The SMILES string of the molecule is CC(C)CNCC(C(C)C)n1ncc2ccccc21. The van der Waals surface area contributed by atoms with Crippen LogP contribution in [0.5, 0.6) is 0 Å². The summed E-state index contributed by atoms with van der Waals surface area (Å²) in [5.74, 6) is 1.24. The predicted molar refractivity (Wildman–Crippen MR) is 81.3 cm³/mol. The van der Waals surface area contributed by atoms with E-state index in [1.54, 1.807) is 0 Å². The van der Waals surface area contributed by atoms with E-state index >= 15 is 0 Å². The molecule has 2 rings (SSSR count). The lowest BCUT2D eigenvalue weighted by Gasteiger charge is -2.23. The molecule has 0 aliphatic heterocycles. The van der Waals surface area contributed by atoms with Crippen molar-refractivity contribution in [1.82, 2.24) is 15.1 Å². The summed E-state index contributed by atoms with van der Waals surface area (Å²) in [6.07, 6.45) is 1.97. The van der Waals surface area contributed by atoms with Crippen LogP contribution in [0.3, 0.4) is 0 Å². The van der Waals surface area contributed by atoms with Crippen LogP contribution in [0.1, 0.15) is 33.7 Å². The Morgan fingerprint density at radius 3 is 2.53 bits per heavy atom. The maximum Gasteiger partial charge on any atom is 0.0686 e. The van der Waals surface area contributed by atoms with Crippen LogP contribution in [-0.2, 0) is 0 Å². The highest BCUT2D eigenvalue weighted by Gasteiger charge is 2.18. The molecule has 1 aromatic heterocycles. The van der Waals surface area contributed by atoms with E-state index in [1.807, 2.05) is 6.20 Å². The summed E-state index contributed by atoms with van der Waals surface area (Å²) >= 11 is 0. The highest BCUT2D eigenvalue weighted by atomic mass is 15.3. The molecule has 0 saturated carbocycles. The molecule has 1 aromatic carbocycles. The minimum atomic E-state index is 0.402. The van der Waals surface area contributed by atoms with E-state index in [9.17, 15) is 0 Å². The number of aromatic nitrogens is 2. The van der Waals surface area contributed by atoms with E-state index in [-0.39, 0.29) is 0 Å². The Morgan fingerprint density at radius 2 is 1.84 bits per heavy atom. The predicted octanol–water partition coefficient (Wildman–Crippen LogP) is 3.48. The van der Waals surface area contributed by atoms with E-state index in [2.05, 4.69) is 67.1 Å². The molecular formula is C16H25N3. The molecule has 3 heteroatoms. The maximum atomic E-state index is 4.59. The first kappa shape index (κ1) is 14.1. The van der Waals surface area contributed by atoms with Crippen molar-refractivity contribution in [1.29, 1.82) is 0 Å². The van der Waals surface area contributed by atoms with Gasteiger partial charge in [-0.05, 0) is 24.4 Å². The lowest BCUT2D eigenvalue weighted by atomic mass is 10.0. The Balaban J connectivity index is 2.19. The largest absolute Gasteiger partial charge is 0.314 e. The van der Waals surface area contributed by atoms with Gasteiger partial charge in [0.1, 0.15) is 0 Å². The fraction of sp³-hybridized carbons (Fsp3) is 0.562. The van der Waals surface area contributed by atoms with Crippen LogP contribution in [0.15, 0.2) is 30.5 Å². The summed E-state index contributed by atoms with van der Waals surface area (Å²) < 4.78 is 2.17. The van der Waals surface area contributed by atoms with Crippen molar-refractivity contribution in [2.24, 2.45) is 11.8 Å². The van der Waals surface area contributed by atoms with Crippen molar-refractivity contribution in [3.8, 4) is 0 Å². The topological polar surface area (TPSA) is 29.9 Å². The Bertz CT molecular complexity index is 513. The molecule has 2 aromatic rings. The highest BCUT2D eigenvalue weighted by molar-refractivity contribution is 5.78. The average Bonchev–Trinajstić information content (AvgIpc) is 2.77. The molecule has 0 aliphatic rings. The van der Waals surface area contributed by atoms with Gasteiger partial charge >= 0.3 is 0 Å². The molecule has 0 bridgehead atoms. The minimum absolute atomic E-state index is 0.402. The van der Waals surface area contributed by atoms with Gasteiger partial charge in [0.2, 0.25) is 0 Å². The third-order valence-corrected chi connectivity index (χ3v) is 3.49. The van der Waals surface area contributed by atoms with Crippen LogP contribution in [0.25, 0.3) is 10.9 Å². The molecule has 19 heavy (non-hydrogen) atoms. The van der Waals surface area contributed by atoms with Crippen molar-refractivity contribution in [2.45, 2.75) is 33.7 Å². The molecular weight excluding hydrogens is 234 g/mol. The van der Waals surface area contributed by atoms with E-state index in [0.717, 1.165) is 13.1 Å². The van der Waals surface area contributed by atoms with Crippen molar-refractivity contribution in [3.63, 3.8) is 0 Å². The fourth-order valence-corrected chi connectivity index (χ4v) is 2.38. The number of hydrogen-bond donors (Lipinski definition) is 1. The van der Waals surface area contributed by atoms with Gasteiger partial charge in [-0.25, -0.2) is 0 Å². The van der Waals surface area contributed by atoms with Crippen LogP contribution in [0, 0.1) is 11.8 Å². The third kappa shape index (κ3) is 3.35. The van der Waals surface area contributed by atoms with E-state index in [1.165, 1.54) is 10.9 Å². The lowest BCUT2D eigenvalue weighted by molar-refractivity contribution is 0.333. The van der Waals surface area contributed by atoms with Crippen LogP contribution in [-0.4, -0.2) is 22.9 Å². The summed E-state index contributed by atoms with van der Waals surface area (Å²) in [6, 6.07) is 8.83.